The van der Waals surface area contributed by atoms with E-state index in [0.29, 0.717) is 17.9 Å². The SMILES string of the molecule is CCOC(=O)CC(C)OC(=O)c1ccc(N)cc1. The minimum atomic E-state index is -0.519. The van der Waals surface area contributed by atoms with Crippen LogP contribution in [0.15, 0.2) is 24.3 Å². The molecule has 0 radical (unpaired) electrons. The second-order valence-corrected chi connectivity index (χ2v) is 3.85. The summed E-state index contributed by atoms with van der Waals surface area (Å²) < 4.78 is 9.88. The summed E-state index contributed by atoms with van der Waals surface area (Å²) in [5.41, 5.74) is 6.49. The number of benzene rings is 1. The lowest BCUT2D eigenvalue weighted by atomic mass is 10.2. The van der Waals surface area contributed by atoms with E-state index >= 15 is 0 Å². The maximum Gasteiger partial charge on any atom is 0.338 e. The molecule has 1 unspecified atom stereocenters. The summed E-state index contributed by atoms with van der Waals surface area (Å²) in [5, 5.41) is 0. The smallest absolute Gasteiger partial charge is 0.338 e. The topological polar surface area (TPSA) is 78.6 Å². The molecule has 0 aliphatic carbocycles. The lowest BCUT2D eigenvalue weighted by Crippen LogP contribution is -2.20. The van der Waals surface area contributed by atoms with Crippen molar-refractivity contribution in [3.05, 3.63) is 29.8 Å². The van der Waals surface area contributed by atoms with Gasteiger partial charge in [0.05, 0.1) is 18.6 Å². The number of carbonyl (C=O) groups excluding carboxylic acids is 2. The summed E-state index contributed by atoms with van der Waals surface area (Å²) in [6.07, 6.45) is -0.469. The molecule has 0 aliphatic heterocycles. The molecule has 0 spiro atoms. The molecule has 0 saturated carbocycles. The van der Waals surface area contributed by atoms with Crippen LogP contribution in [-0.4, -0.2) is 24.6 Å². The molecule has 0 bridgehead atoms. The van der Waals surface area contributed by atoms with Crippen molar-refractivity contribution in [2.75, 3.05) is 12.3 Å². The average Bonchev–Trinajstić information content (AvgIpc) is 2.29. The number of rotatable bonds is 5. The van der Waals surface area contributed by atoms with Gasteiger partial charge in [0, 0.05) is 5.69 Å². The van der Waals surface area contributed by atoms with Crippen LogP contribution in [0.2, 0.25) is 0 Å². The van der Waals surface area contributed by atoms with E-state index in [1.165, 1.54) is 0 Å². The molecule has 1 aromatic carbocycles. The highest BCUT2D eigenvalue weighted by Gasteiger charge is 2.15. The van der Waals surface area contributed by atoms with E-state index in [0.717, 1.165) is 0 Å². The van der Waals surface area contributed by atoms with Crippen molar-refractivity contribution < 1.29 is 19.1 Å². The number of esters is 2. The summed E-state index contributed by atoms with van der Waals surface area (Å²) in [6.45, 7) is 3.69. The van der Waals surface area contributed by atoms with E-state index in [-0.39, 0.29) is 12.4 Å². The van der Waals surface area contributed by atoms with Crippen molar-refractivity contribution in [2.24, 2.45) is 0 Å². The fourth-order valence-electron chi connectivity index (χ4n) is 1.37. The summed E-state index contributed by atoms with van der Waals surface area (Å²) in [5.74, 6) is -0.859. The van der Waals surface area contributed by atoms with Gasteiger partial charge in [-0.2, -0.15) is 0 Å². The molecular formula is C13H17NO4. The van der Waals surface area contributed by atoms with Gasteiger partial charge in [-0.05, 0) is 38.1 Å². The molecule has 2 N–H and O–H groups in total. The first-order valence-electron chi connectivity index (χ1n) is 5.75. The number of carbonyl (C=O) groups is 2. The Hall–Kier alpha value is -2.04. The van der Waals surface area contributed by atoms with Crippen molar-refractivity contribution in [3.63, 3.8) is 0 Å². The zero-order chi connectivity index (χ0) is 13.5. The van der Waals surface area contributed by atoms with Crippen LogP contribution in [0.25, 0.3) is 0 Å². The van der Waals surface area contributed by atoms with Gasteiger partial charge in [0.2, 0.25) is 0 Å². The molecule has 0 heterocycles. The van der Waals surface area contributed by atoms with Crippen LogP contribution in [0.3, 0.4) is 0 Å². The maximum atomic E-state index is 11.7. The highest BCUT2D eigenvalue weighted by molar-refractivity contribution is 5.90. The monoisotopic (exact) mass is 251 g/mol. The zero-order valence-corrected chi connectivity index (χ0v) is 10.5. The normalized spacial score (nSPS) is 11.7. The summed E-state index contributed by atoms with van der Waals surface area (Å²) in [4.78, 5) is 22.9. The number of ether oxygens (including phenoxy) is 2. The number of anilines is 1. The van der Waals surface area contributed by atoms with Crippen LogP contribution in [0.1, 0.15) is 30.6 Å². The van der Waals surface area contributed by atoms with Crippen LogP contribution in [0.5, 0.6) is 0 Å². The number of hydrogen-bond donors (Lipinski definition) is 1. The molecule has 18 heavy (non-hydrogen) atoms. The largest absolute Gasteiger partial charge is 0.466 e. The van der Waals surface area contributed by atoms with Gasteiger partial charge in [-0.1, -0.05) is 0 Å². The second kappa shape index (κ2) is 6.64. The molecule has 5 heteroatoms. The van der Waals surface area contributed by atoms with Crippen LogP contribution in [0.4, 0.5) is 5.69 Å². The second-order valence-electron chi connectivity index (χ2n) is 3.85. The van der Waals surface area contributed by atoms with E-state index in [4.69, 9.17) is 15.2 Å². The Morgan fingerprint density at radius 2 is 1.89 bits per heavy atom. The Morgan fingerprint density at radius 1 is 1.28 bits per heavy atom. The standard InChI is InChI=1S/C13H17NO4/c1-3-17-12(15)8-9(2)18-13(16)10-4-6-11(14)7-5-10/h4-7,9H,3,8,14H2,1-2H3. The third-order valence-corrected chi connectivity index (χ3v) is 2.21. The van der Waals surface area contributed by atoms with Gasteiger partial charge in [0.1, 0.15) is 6.10 Å². The molecule has 1 aromatic rings. The average molecular weight is 251 g/mol. The van der Waals surface area contributed by atoms with E-state index in [2.05, 4.69) is 0 Å². The van der Waals surface area contributed by atoms with Gasteiger partial charge in [-0.3, -0.25) is 4.79 Å². The Balaban J connectivity index is 2.49. The first-order chi connectivity index (χ1) is 8.52. The van der Waals surface area contributed by atoms with Crippen molar-refractivity contribution in [2.45, 2.75) is 26.4 Å². The maximum absolute atomic E-state index is 11.7. The Kier molecular flexibility index (Phi) is 5.17. The molecule has 1 atom stereocenters. The molecule has 1 rings (SSSR count). The van der Waals surface area contributed by atoms with E-state index in [9.17, 15) is 9.59 Å². The minimum absolute atomic E-state index is 0.0502. The lowest BCUT2D eigenvalue weighted by Gasteiger charge is -2.12. The van der Waals surface area contributed by atoms with E-state index in [1.54, 1.807) is 38.1 Å². The fraction of sp³-hybridized carbons (Fsp3) is 0.385. The van der Waals surface area contributed by atoms with E-state index < -0.39 is 12.1 Å². The summed E-state index contributed by atoms with van der Waals surface area (Å²) in [7, 11) is 0. The molecule has 5 nitrogen and oxygen atoms in total. The van der Waals surface area contributed by atoms with Crippen LogP contribution in [0, 0.1) is 0 Å². The van der Waals surface area contributed by atoms with Gasteiger partial charge in [-0.25, -0.2) is 4.79 Å². The minimum Gasteiger partial charge on any atom is -0.466 e. The summed E-state index contributed by atoms with van der Waals surface area (Å²) >= 11 is 0. The highest BCUT2D eigenvalue weighted by atomic mass is 16.6. The van der Waals surface area contributed by atoms with Gasteiger partial charge < -0.3 is 15.2 Å². The number of nitrogen functional groups attached to an aromatic ring is 1. The van der Waals surface area contributed by atoms with Crippen LogP contribution >= 0.6 is 0 Å². The lowest BCUT2D eigenvalue weighted by molar-refractivity contribution is -0.145. The van der Waals surface area contributed by atoms with Crippen molar-refractivity contribution in [1.29, 1.82) is 0 Å². The van der Waals surface area contributed by atoms with Gasteiger partial charge in [-0.15, -0.1) is 0 Å². The Morgan fingerprint density at radius 3 is 2.44 bits per heavy atom. The predicted octanol–water partition coefficient (Wildman–Crippen LogP) is 1.77. The van der Waals surface area contributed by atoms with Crippen LogP contribution < -0.4 is 5.73 Å². The third kappa shape index (κ3) is 4.45. The van der Waals surface area contributed by atoms with Crippen LogP contribution in [-0.2, 0) is 14.3 Å². The molecule has 0 fully saturated rings. The van der Waals surface area contributed by atoms with Gasteiger partial charge in [0.25, 0.3) is 0 Å². The van der Waals surface area contributed by atoms with Crippen molar-refractivity contribution >= 4 is 17.6 Å². The molecule has 98 valence electrons. The fourth-order valence-corrected chi connectivity index (χ4v) is 1.37. The van der Waals surface area contributed by atoms with Crippen molar-refractivity contribution in [1.82, 2.24) is 0 Å². The first-order valence-corrected chi connectivity index (χ1v) is 5.75. The van der Waals surface area contributed by atoms with Crippen molar-refractivity contribution in [3.8, 4) is 0 Å². The van der Waals surface area contributed by atoms with E-state index in [1.807, 2.05) is 0 Å². The molecule has 0 amide bonds. The number of nitrogens with two attached hydrogens (primary N) is 1. The Bertz CT molecular complexity index is 414. The predicted molar refractivity (Wildman–Crippen MR) is 67.0 cm³/mol. The highest BCUT2D eigenvalue weighted by Crippen LogP contribution is 2.09. The quantitative estimate of drug-likeness (QED) is 0.637. The first kappa shape index (κ1) is 14.0. The molecule has 0 aromatic heterocycles. The molecular weight excluding hydrogens is 234 g/mol. The zero-order valence-electron chi connectivity index (χ0n) is 10.5. The number of hydrogen-bond acceptors (Lipinski definition) is 5. The van der Waals surface area contributed by atoms with Gasteiger partial charge >= 0.3 is 11.9 Å². The molecule has 0 aliphatic rings. The molecule has 0 saturated heterocycles. The Labute approximate surface area is 106 Å². The summed E-state index contributed by atoms with van der Waals surface area (Å²) in [6, 6.07) is 6.39. The third-order valence-electron chi connectivity index (χ3n) is 2.21. The van der Waals surface area contributed by atoms with Gasteiger partial charge in [0.15, 0.2) is 0 Å².